The molecule has 3 rings (SSSR count). The lowest BCUT2D eigenvalue weighted by atomic mass is 9.67. The van der Waals surface area contributed by atoms with Gasteiger partial charge in [-0.15, -0.1) is 12.4 Å². The number of hydrogen-bond acceptors (Lipinski definition) is 3. The molecule has 2 aliphatic carbocycles. The van der Waals surface area contributed by atoms with Crippen LogP contribution in [0.5, 0.6) is 0 Å². The number of nitrogens with two attached hydrogens (primary N) is 1. The van der Waals surface area contributed by atoms with E-state index < -0.39 is 5.41 Å². The van der Waals surface area contributed by atoms with Gasteiger partial charge in [0.1, 0.15) is 0 Å². The first kappa shape index (κ1) is 22.7. The molecule has 0 heterocycles. The van der Waals surface area contributed by atoms with Crippen LogP contribution in [0.4, 0.5) is 0 Å². The van der Waals surface area contributed by atoms with Gasteiger partial charge in [0.25, 0.3) is 5.91 Å². The molecule has 2 bridgehead atoms. The van der Waals surface area contributed by atoms with Crippen LogP contribution >= 0.6 is 12.4 Å². The Morgan fingerprint density at radius 3 is 2.18 bits per heavy atom. The zero-order valence-corrected chi connectivity index (χ0v) is 18.0. The molecular formula is C22H34ClN3O2. The van der Waals surface area contributed by atoms with E-state index in [1.807, 2.05) is 45.0 Å². The van der Waals surface area contributed by atoms with Crippen LogP contribution in [0.25, 0.3) is 0 Å². The Labute approximate surface area is 174 Å². The van der Waals surface area contributed by atoms with Gasteiger partial charge in [0, 0.05) is 29.6 Å². The summed E-state index contributed by atoms with van der Waals surface area (Å²) in [6.45, 7) is 6.15. The summed E-state index contributed by atoms with van der Waals surface area (Å²) in [7, 11) is 0. The SMILES string of the molecule is CC(C)(C)C(=O)NCc1ccc(C(=O)NC2C3CCCC2CC(N)C3)cc1.Cl. The second-order valence-corrected chi connectivity index (χ2v) is 9.31. The van der Waals surface area contributed by atoms with Gasteiger partial charge >= 0.3 is 0 Å². The van der Waals surface area contributed by atoms with E-state index in [0.717, 1.165) is 18.4 Å². The Morgan fingerprint density at radius 2 is 1.64 bits per heavy atom. The Balaban J connectivity index is 0.00000280. The van der Waals surface area contributed by atoms with Gasteiger partial charge in [-0.2, -0.15) is 0 Å². The second-order valence-electron chi connectivity index (χ2n) is 9.31. The van der Waals surface area contributed by atoms with Crippen molar-refractivity contribution in [3.05, 3.63) is 35.4 Å². The average molecular weight is 408 g/mol. The van der Waals surface area contributed by atoms with Crippen molar-refractivity contribution < 1.29 is 9.59 Å². The van der Waals surface area contributed by atoms with E-state index in [1.165, 1.54) is 19.3 Å². The topological polar surface area (TPSA) is 84.2 Å². The van der Waals surface area contributed by atoms with Crippen LogP contribution in [-0.2, 0) is 11.3 Å². The molecule has 2 fully saturated rings. The third kappa shape index (κ3) is 5.48. The molecule has 0 aliphatic heterocycles. The first-order valence-electron chi connectivity index (χ1n) is 10.2. The largest absolute Gasteiger partial charge is 0.352 e. The van der Waals surface area contributed by atoms with Crippen LogP contribution in [0, 0.1) is 17.3 Å². The number of fused-ring (bicyclic) bond motifs is 2. The van der Waals surface area contributed by atoms with Crippen LogP contribution in [0.1, 0.15) is 68.8 Å². The van der Waals surface area contributed by atoms with Crippen molar-refractivity contribution in [2.24, 2.45) is 23.0 Å². The normalized spacial score (nSPS) is 26.7. The van der Waals surface area contributed by atoms with E-state index in [0.29, 0.717) is 23.9 Å². The fourth-order valence-corrected chi connectivity index (χ4v) is 4.48. The maximum absolute atomic E-state index is 12.7. The summed E-state index contributed by atoms with van der Waals surface area (Å²) < 4.78 is 0. The van der Waals surface area contributed by atoms with Crippen LogP contribution in [0.15, 0.2) is 24.3 Å². The molecule has 1 aromatic rings. The van der Waals surface area contributed by atoms with Crippen LogP contribution in [-0.4, -0.2) is 23.9 Å². The maximum atomic E-state index is 12.7. The fraction of sp³-hybridized carbons (Fsp3) is 0.636. The number of halogens is 1. The highest BCUT2D eigenvalue weighted by Gasteiger charge is 2.39. The number of hydrogen-bond donors (Lipinski definition) is 3. The third-order valence-electron chi connectivity index (χ3n) is 6.02. The highest BCUT2D eigenvalue weighted by atomic mass is 35.5. The summed E-state index contributed by atoms with van der Waals surface area (Å²) in [5, 5.41) is 6.22. The molecule has 4 N–H and O–H groups in total. The van der Waals surface area contributed by atoms with Gasteiger partial charge < -0.3 is 16.4 Å². The summed E-state index contributed by atoms with van der Waals surface area (Å²) >= 11 is 0. The molecule has 2 unspecified atom stereocenters. The van der Waals surface area contributed by atoms with Gasteiger partial charge in [-0.25, -0.2) is 0 Å². The van der Waals surface area contributed by atoms with Crippen molar-refractivity contribution in [3.63, 3.8) is 0 Å². The van der Waals surface area contributed by atoms with Crippen molar-refractivity contribution in [1.82, 2.24) is 10.6 Å². The average Bonchev–Trinajstić information content (AvgIpc) is 2.60. The molecule has 2 aliphatic rings. The highest BCUT2D eigenvalue weighted by molar-refractivity contribution is 5.94. The number of benzene rings is 1. The Bertz CT molecular complexity index is 670. The molecule has 1 aromatic carbocycles. The molecule has 156 valence electrons. The Morgan fingerprint density at radius 1 is 1.07 bits per heavy atom. The fourth-order valence-electron chi connectivity index (χ4n) is 4.48. The van der Waals surface area contributed by atoms with Crippen molar-refractivity contribution in [1.29, 1.82) is 0 Å². The predicted octanol–water partition coefficient (Wildman–Crippen LogP) is 3.41. The van der Waals surface area contributed by atoms with E-state index in [4.69, 9.17) is 5.73 Å². The lowest BCUT2D eigenvalue weighted by Gasteiger charge is -2.45. The van der Waals surface area contributed by atoms with Crippen molar-refractivity contribution in [2.75, 3.05) is 0 Å². The number of nitrogens with one attached hydrogen (secondary N) is 2. The molecule has 0 spiro atoms. The zero-order chi connectivity index (χ0) is 19.6. The van der Waals surface area contributed by atoms with Gasteiger partial charge in [0.2, 0.25) is 5.91 Å². The van der Waals surface area contributed by atoms with E-state index >= 15 is 0 Å². The van der Waals surface area contributed by atoms with Crippen molar-refractivity contribution >= 4 is 24.2 Å². The van der Waals surface area contributed by atoms with Crippen LogP contribution in [0.3, 0.4) is 0 Å². The molecule has 0 radical (unpaired) electrons. The standard InChI is InChI=1S/C22H33N3O2.ClH/c1-22(2,3)21(27)24-13-14-7-9-15(10-8-14)20(26)25-19-16-5-4-6-17(19)12-18(23)11-16;/h7-10,16-19H,4-6,11-13,23H2,1-3H3,(H,24,27)(H,25,26);1H. The number of rotatable bonds is 4. The first-order chi connectivity index (χ1) is 12.7. The lowest BCUT2D eigenvalue weighted by molar-refractivity contribution is -0.128. The molecule has 5 nitrogen and oxygen atoms in total. The molecular weight excluding hydrogens is 374 g/mol. The molecule has 2 atom stereocenters. The lowest BCUT2D eigenvalue weighted by Crippen LogP contribution is -2.53. The number of carbonyl (C=O) groups excluding carboxylic acids is 2. The minimum absolute atomic E-state index is 0. The maximum Gasteiger partial charge on any atom is 0.251 e. The first-order valence-corrected chi connectivity index (χ1v) is 10.2. The smallest absolute Gasteiger partial charge is 0.251 e. The predicted molar refractivity (Wildman–Crippen MR) is 114 cm³/mol. The number of carbonyl (C=O) groups is 2. The van der Waals surface area contributed by atoms with Crippen molar-refractivity contribution in [3.8, 4) is 0 Å². The molecule has 0 saturated heterocycles. The van der Waals surface area contributed by atoms with Gasteiger partial charge in [0.15, 0.2) is 0 Å². The summed E-state index contributed by atoms with van der Waals surface area (Å²) in [4.78, 5) is 24.7. The summed E-state index contributed by atoms with van der Waals surface area (Å²) in [6.07, 6.45) is 5.63. The van der Waals surface area contributed by atoms with E-state index in [2.05, 4.69) is 10.6 Å². The van der Waals surface area contributed by atoms with Gasteiger partial charge in [-0.3, -0.25) is 9.59 Å². The Hall–Kier alpha value is -1.59. The molecule has 28 heavy (non-hydrogen) atoms. The Kier molecular flexibility index (Phi) is 7.52. The summed E-state index contributed by atoms with van der Waals surface area (Å²) in [6, 6.07) is 8.06. The second kappa shape index (κ2) is 9.27. The molecule has 6 heteroatoms. The summed E-state index contributed by atoms with van der Waals surface area (Å²) in [5.41, 5.74) is 7.44. The van der Waals surface area contributed by atoms with Crippen molar-refractivity contribution in [2.45, 2.75) is 71.5 Å². The van der Waals surface area contributed by atoms with E-state index in [1.54, 1.807) is 0 Å². The van der Waals surface area contributed by atoms with Gasteiger partial charge in [-0.1, -0.05) is 39.3 Å². The minimum atomic E-state index is -0.402. The molecule has 2 amide bonds. The quantitative estimate of drug-likeness (QED) is 0.715. The highest BCUT2D eigenvalue weighted by Crippen LogP contribution is 2.39. The van der Waals surface area contributed by atoms with E-state index in [9.17, 15) is 9.59 Å². The minimum Gasteiger partial charge on any atom is -0.352 e. The van der Waals surface area contributed by atoms with Crippen LogP contribution in [0.2, 0.25) is 0 Å². The third-order valence-corrected chi connectivity index (χ3v) is 6.02. The molecule has 2 saturated carbocycles. The van der Waals surface area contributed by atoms with Gasteiger partial charge in [0.05, 0.1) is 0 Å². The van der Waals surface area contributed by atoms with E-state index in [-0.39, 0.29) is 36.3 Å². The monoisotopic (exact) mass is 407 g/mol. The molecule has 0 aromatic heterocycles. The van der Waals surface area contributed by atoms with Crippen LogP contribution < -0.4 is 16.4 Å². The zero-order valence-electron chi connectivity index (χ0n) is 17.2. The summed E-state index contributed by atoms with van der Waals surface area (Å²) in [5.74, 6) is 1.05. The number of amides is 2. The van der Waals surface area contributed by atoms with Gasteiger partial charge in [-0.05, 0) is 55.2 Å².